The quantitative estimate of drug-likeness (QED) is 0.141. The molecule has 7 heteroatoms. The van der Waals surface area contributed by atoms with Gasteiger partial charge in [0.15, 0.2) is 6.10 Å². The molecule has 0 unspecified atom stereocenters. The number of imide groups is 1. The van der Waals surface area contributed by atoms with Crippen molar-refractivity contribution in [2.24, 2.45) is 23.7 Å². The minimum atomic E-state index is -0.920. The van der Waals surface area contributed by atoms with Crippen molar-refractivity contribution >= 4 is 40.2 Å². The Kier molecular flexibility index (Phi) is 6.68. The van der Waals surface area contributed by atoms with Crippen molar-refractivity contribution in [3.63, 3.8) is 0 Å². The first-order chi connectivity index (χ1) is 20.8. The zero-order chi connectivity index (χ0) is 29.8. The number of fused-ring (bicyclic) bond motifs is 6. The van der Waals surface area contributed by atoms with Crippen LogP contribution < -0.4 is 4.90 Å². The fraction of sp³-hybridized carbons (Fsp3) is 0.306. The van der Waals surface area contributed by atoms with E-state index < -0.39 is 12.1 Å². The van der Waals surface area contributed by atoms with Crippen molar-refractivity contribution in [2.75, 3.05) is 4.90 Å². The van der Waals surface area contributed by atoms with Gasteiger partial charge in [-0.25, -0.2) is 9.78 Å². The molecule has 0 radical (unpaired) electrons. The van der Waals surface area contributed by atoms with E-state index in [9.17, 15) is 19.2 Å². The van der Waals surface area contributed by atoms with E-state index in [-0.39, 0.29) is 29.4 Å². The molecule has 3 fully saturated rings. The summed E-state index contributed by atoms with van der Waals surface area (Å²) in [6.45, 7) is 3.75. The highest BCUT2D eigenvalue weighted by atomic mass is 16.5. The van der Waals surface area contributed by atoms with Crippen LogP contribution in [0.1, 0.15) is 58.9 Å². The lowest BCUT2D eigenvalue weighted by atomic mass is 9.81. The molecule has 4 aromatic rings. The molecule has 2 heterocycles. The molecule has 0 N–H and O–H groups in total. The molecule has 3 aromatic carbocycles. The average molecular weight is 573 g/mol. The summed E-state index contributed by atoms with van der Waals surface area (Å²) in [5, 5.41) is 0.641. The predicted molar refractivity (Wildman–Crippen MR) is 162 cm³/mol. The third kappa shape index (κ3) is 4.54. The van der Waals surface area contributed by atoms with Crippen LogP contribution >= 0.6 is 0 Å². The lowest BCUT2D eigenvalue weighted by molar-refractivity contribution is -0.123. The number of anilines is 1. The van der Waals surface area contributed by atoms with Crippen LogP contribution in [0, 0.1) is 30.6 Å². The van der Waals surface area contributed by atoms with Gasteiger partial charge in [0.1, 0.15) is 0 Å². The number of hydrogen-bond acceptors (Lipinski definition) is 6. The first kappa shape index (κ1) is 27.2. The van der Waals surface area contributed by atoms with Crippen LogP contribution in [-0.4, -0.2) is 34.7 Å². The van der Waals surface area contributed by atoms with Gasteiger partial charge in [-0.3, -0.25) is 19.3 Å². The number of ether oxygens (including phenoxy) is 1. The minimum absolute atomic E-state index is 0.0743. The van der Waals surface area contributed by atoms with E-state index in [1.165, 1.54) is 4.90 Å². The molecule has 1 aromatic heterocycles. The molecule has 216 valence electrons. The number of benzene rings is 3. The number of aryl methyl sites for hydroxylation is 1. The van der Waals surface area contributed by atoms with Crippen molar-refractivity contribution in [2.45, 2.75) is 45.6 Å². The minimum Gasteiger partial charge on any atom is -0.450 e. The number of carbonyl (C=O) groups excluding carboxylic acids is 4. The standard InChI is InChI=1S/C36H32N2O5/c1-3-30(33(39)22-7-5-4-6-8-22)43-36(42)27-19-29(37-28-16-9-20(2)17-26(27)28)21-12-14-25(15-13-21)38-34(40)31-23-10-11-24(18-23)32(31)35(38)41/h4-9,12-17,19,23-24,30-32H,3,10-11,18H2,1-2H3/t23-,24+,30-,31-,32-/m0/s1. The summed E-state index contributed by atoms with van der Waals surface area (Å²) in [4.78, 5) is 59.5. The number of carbonyl (C=O) groups is 4. The van der Waals surface area contributed by atoms with Gasteiger partial charge < -0.3 is 4.74 Å². The van der Waals surface area contributed by atoms with Gasteiger partial charge in [-0.2, -0.15) is 0 Å². The molecule has 43 heavy (non-hydrogen) atoms. The maximum atomic E-state index is 13.6. The maximum absolute atomic E-state index is 13.6. The fourth-order valence-electron chi connectivity index (χ4n) is 7.40. The first-order valence-corrected chi connectivity index (χ1v) is 15.0. The van der Waals surface area contributed by atoms with E-state index in [1.54, 1.807) is 42.5 Å². The Bertz CT molecular complexity index is 1750. The van der Waals surface area contributed by atoms with Gasteiger partial charge >= 0.3 is 5.97 Å². The normalized spacial score (nSPS) is 23.1. The van der Waals surface area contributed by atoms with Gasteiger partial charge in [0.05, 0.1) is 34.3 Å². The lowest BCUT2D eigenvalue weighted by Gasteiger charge is -2.19. The molecule has 2 aliphatic carbocycles. The van der Waals surface area contributed by atoms with E-state index in [4.69, 9.17) is 9.72 Å². The van der Waals surface area contributed by atoms with E-state index in [0.29, 0.717) is 51.7 Å². The highest BCUT2D eigenvalue weighted by Gasteiger charge is 2.61. The van der Waals surface area contributed by atoms with Gasteiger partial charge in [0.2, 0.25) is 17.6 Å². The second-order valence-corrected chi connectivity index (χ2v) is 12.1. The van der Waals surface area contributed by atoms with Crippen LogP contribution in [0.2, 0.25) is 0 Å². The third-order valence-electron chi connectivity index (χ3n) is 9.50. The number of ketones is 1. The SMILES string of the molecule is CC[C@H](OC(=O)c1cc(-c2ccc(N3C(=O)[C@H]4[C@@H]5CC[C@@H](C5)[C@@H]4C3=O)cc2)nc2ccc(C)cc12)C(=O)c1ccccc1. The highest BCUT2D eigenvalue weighted by molar-refractivity contribution is 6.22. The monoisotopic (exact) mass is 572 g/mol. The van der Waals surface area contributed by atoms with E-state index >= 15 is 0 Å². The van der Waals surface area contributed by atoms with Gasteiger partial charge in [-0.15, -0.1) is 0 Å². The van der Waals surface area contributed by atoms with E-state index in [2.05, 4.69) is 0 Å². The molecule has 7 nitrogen and oxygen atoms in total. The number of nitrogens with zero attached hydrogens (tertiary/aromatic N) is 2. The summed E-state index contributed by atoms with van der Waals surface area (Å²) in [7, 11) is 0. The van der Waals surface area contributed by atoms with Crippen molar-refractivity contribution in [1.82, 2.24) is 4.98 Å². The van der Waals surface area contributed by atoms with Crippen molar-refractivity contribution in [1.29, 1.82) is 0 Å². The molecule has 2 bridgehead atoms. The number of esters is 1. The predicted octanol–water partition coefficient (Wildman–Crippen LogP) is 6.56. The van der Waals surface area contributed by atoms with Crippen LogP contribution in [0.3, 0.4) is 0 Å². The highest BCUT2D eigenvalue weighted by Crippen LogP contribution is 2.56. The largest absolute Gasteiger partial charge is 0.450 e. The zero-order valence-corrected chi connectivity index (χ0v) is 24.2. The molecule has 1 saturated heterocycles. The van der Waals surface area contributed by atoms with Crippen LogP contribution in [-0.2, 0) is 14.3 Å². The van der Waals surface area contributed by atoms with Crippen LogP contribution in [0.4, 0.5) is 5.69 Å². The van der Waals surface area contributed by atoms with Gasteiger partial charge in [0, 0.05) is 16.5 Å². The van der Waals surface area contributed by atoms with Crippen molar-refractivity contribution in [3.8, 4) is 11.3 Å². The van der Waals surface area contributed by atoms with Gasteiger partial charge in [-0.1, -0.05) is 61.0 Å². The van der Waals surface area contributed by atoms with Gasteiger partial charge in [0.25, 0.3) is 0 Å². The topological polar surface area (TPSA) is 93.6 Å². The summed E-state index contributed by atoms with van der Waals surface area (Å²) in [5.41, 5.74) is 4.23. The summed E-state index contributed by atoms with van der Waals surface area (Å²) in [6, 6.07) is 23.4. The van der Waals surface area contributed by atoms with E-state index in [1.807, 2.05) is 50.2 Å². The van der Waals surface area contributed by atoms with Crippen LogP contribution in [0.15, 0.2) is 78.9 Å². The summed E-state index contributed by atoms with van der Waals surface area (Å²) < 4.78 is 5.81. The Morgan fingerprint density at radius 3 is 2.23 bits per heavy atom. The lowest BCUT2D eigenvalue weighted by Crippen LogP contribution is -2.32. The number of pyridine rings is 1. The summed E-state index contributed by atoms with van der Waals surface area (Å²) in [5.74, 6) is -0.684. The smallest absolute Gasteiger partial charge is 0.339 e. The van der Waals surface area contributed by atoms with Gasteiger partial charge in [-0.05, 0) is 74.8 Å². The number of amides is 2. The molecule has 1 aliphatic heterocycles. The molecule has 5 atom stereocenters. The van der Waals surface area contributed by atoms with Crippen molar-refractivity contribution in [3.05, 3.63) is 95.6 Å². The fourth-order valence-corrected chi connectivity index (χ4v) is 7.40. The molecular formula is C36H32N2O5. The molecule has 2 amide bonds. The number of Topliss-reactive ketones (excluding diaryl/α,β-unsaturated/α-hetero) is 1. The summed E-state index contributed by atoms with van der Waals surface area (Å²) in [6.07, 6.45) is 2.49. The molecule has 3 aliphatic rings. The zero-order valence-electron chi connectivity index (χ0n) is 24.2. The number of aromatic nitrogens is 1. The molecular weight excluding hydrogens is 540 g/mol. The Morgan fingerprint density at radius 2 is 1.58 bits per heavy atom. The first-order valence-electron chi connectivity index (χ1n) is 15.0. The molecule has 2 saturated carbocycles. The molecule has 0 spiro atoms. The average Bonchev–Trinajstić information content (AvgIpc) is 3.72. The third-order valence-corrected chi connectivity index (χ3v) is 9.50. The van der Waals surface area contributed by atoms with Crippen molar-refractivity contribution < 1.29 is 23.9 Å². The van der Waals surface area contributed by atoms with Crippen LogP contribution in [0.5, 0.6) is 0 Å². The Morgan fingerprint density at radius 1 is 0.907 bits per heavy atom. The maximum Gasteiger partial charge on any atom is 0.339 e. The second kappa shape index (κ2) is 10.6. The van der Waals surface area contributed by atoms with E-state index in [0.717, 1.165) is 30.4 Å². The second-order valence-electron chi connectivity index (χ2n) is 12.1. The van der Waals surface area contributed by atoms with Crippen LogP contribution in [0.25, 0.3) is 22.2 Å². The Hall–Kier alpha value is -4.65. The number of hydrogen-bond donors (Lipinski definition) is 0. The number of rotatable bonds is 7. The Labute approximate surface area is 249 Å². The Balaban J connectivity index is 1.19. The summed E-state index contributed by atoms with van der Waals surface area (Å²) >= 11 is 0. The molecule has 7 rings (SSSR count).